The Morgan fingerprint density at radius 3 is 2.62 bits per heavy atom. The Kier molecular flexibility index (Phi) is 5.32. The van der Waals surface area contributed by atoms with Crippen molar-refractivity contribution in [3.8, 4) is 0 Å². The summed E-state index contributed by atoms with van der Waals surface area (Å²) in [5.74, 6) is -1.06. The molecule has 112 valence electrons. The molecular formula is C17H18ClF2N. The molecule has 0 amide bonds. The molecule has 1 N–H and O–H groups in total. The van der Waals surface area contributed by atoms with Crippen LogP contribution in [0.3, 0.4) is 0 Å². The van der Waals surface area contributed by atoms with Crippen molar-refractivity contribution in [1.29, 1.82) is 0 Å². The average molecular weight is 310 g/mol. The number of benzene rings is 2. The van der Waals surface area contributed by atoms with Gasteiger partial charge >= 0.3 is 0 Å². The standard InChI is InChI=1S/C17H18ClF2N/c1-3-9-21-17(12-5-4-6-13(18)10-12)15-14(19)8-7-11(2)16(15)20/h4-8,10,17,21H,3,9H2,1-2H3. The van der Waals surface area contributed by atoms with E-state index in [1.165, 1.54) is 12.1 Å². The lowest BCUT2D eigenvalue weighted by atomic mass is 9.96. The minimum absolute atomic E-state index is 0.0470. The van der Waals surface area contributed by atoms with Crippen LogP contribution in [0.2, 0.25) is 5.02 Å². The summed E-state index contributed by atoms with van der Waals surface area (Å²) in [5, 5.41) is 3.75. The van der Waals surface area contributed by atoms with Gasteiger partial charge in [-0.3, -0.25) is 0 Å². The van der Waals surface area contributed by atoms with Gasteiger partial charge in [0.2, 0.25) is 0 Å². The lowest BCUT2D eigenvalue weighted by Crippen LogP contribution is -2.25. The van der Waals surface area contributed by atoms with Crippen molar-refractivity contribution in [2.45, 2.75) is 26.3 Å². The number of hydrogen-bond acceptors (Lipinski definition) is 1. The fourth-order valence-corrected chi connectivity index (χ4v) is 2.50. The molecule has 1 unspecified atom stereocenters. The van der Waals surface area contributed by atoms with Crippen molar-refractivity contribution in [2.24, 2.45) is 0 Å². The molecule has 0 aromatic heterocycles. The van der Waals surface area contributed by atoms with E-state index in [-0.39, 0.29) is 5.56 Å². The van der Waals surface area contributed by atoms with Crippen molar-refractivity contribution < 1.29 is 8.78 Å². The predicted molar refractivity (Wildman–Crippen MR) is 82.7 cm³/mol. The lowest BCUT2D eigenvalue weighted by molar-refractivity contribution is 0.499. The highest BCUT2D eigenvalue weighted by Gasteiger charge is 2.22. The van der Waals surface area contributed by atoms with Gasteiger partial charge in [-0.1, -0.05) is 36.7 Å². The molecule has 0 aliphatic rings. The summed E-state index contributed by atoms with van der Waals surface area (Å²) in [6.07, 6.45) is 0.867. The van der Waals surface area contributed by atoms with Gasteiger partial charge in [-0.2, -0.15) is 0 Å². The third kappa shape index (κ3) is 3.60. The van der Waals surface area contributed by atoms with E-state index in [4.69, 9.17) is 11.6 Å². The highest BCUT2D eigenvalue weighted by molar-refractivity contribution is 6.30. The Labute approximate surface area is 128 Å². The topological polar surface area (TPSA) is 12.0 Å². The molecule has 2 aromatic rings. The third-order valence-corrected chi connectivity index (χ3v) is 3.62. The summed E-state index contributed by atoms with van der Waals surface area (Å²) in [5.41, 5.74) is 1.22. The molecule has 0 saturated carbocycles. The summed E-state index contributed by atoms with van der Waals surface area (Å²) >= 11 is 6.01. The molecule has 0 bridgehead atoms. The molecule has 21 heavy (non-hydrogen) atoms. The van der Waals surface area contributed by atoms with Crippen LogP contribution in [0.25, 0.3) is 0 Å². The number of nitrogens with one attached hydrogen (secondary N) is 1. The lowest BCUT2D eigenvalue weighted by Gasteiger charge is -2.21. The van der Waals surface area contributed by atoms with Crippen molar-refractivity contribution in [3.63, 3.8) is 0 Å². The molecule has 0 aliphatic heterocycles. The largest absolute Gasteiger partial charge is 0.306 e. The average Bonchev–Trinajstić information content (AvgIpc) is 2.46. The summed E-state index contributed by atoms with van der Waals surface area (Å²) in [6.45, 7) is 4.29. The normalized spacial score (nSPS) is 12.4. The van der Waals surface area contributed by atoms with Gasteiger partial charge in [0, 0.05) is 10.6 Å². The number of hydrogen-bond donors (Lipinski definition) is 1. The zero-order valence-electron chi connectivity index (χ0n) is 12.1. The first kappa shape index (κ1) is 15.9. The minimum Gasteiger partial charge on any atom is -0.306 e. The van der Waals surface area contributed by atoms with Gasteiger partial charge in [0.15, 0.2) is 0 Å². The molecule has 1 nitrogen and oxygen atoms in total. The molecule has 0 aliphatic carbocycles. The minimum atomic E-state index is -0.552. The highest BCUT2D eigenvalue weighted by Crippen LogP contribution is 2.29. The predicted octanol–water partition coefficient (Wildman–Crippen LogP) is 5.02. The van der Waals surface area contributed by atoms with Gasteiger partial charge in [-0.25, -0.2) is 8.78 Å². The number of aryl methyl sites for hydroxylation is 1. The Hall–Kier alpha value is -1.45. The molecule has 0 spiro atoms. The maximum atomic E-state index is 14.4. The van der Waals surface area contributed by atoms with E-state index in [0.29, 0.717) is 17.1 Å². The monoisotopic (exact) mass is 309 g/mol. The third-order valence-electron chi connectivity index (χ3n) is 3.39. The van der Waals surface area contributed by atoms with Gasteiger partial charge in [-0.15, -0.1) is 0 Å². The highest BCUT2D eigenvalue weighted by atomic mass is 35.5. The van der Waals surface area contributed by atoms with E-state index < -0.39 is 17.7 Å². The second-order valence-corrected chi connectivity index (χ2v) is 5.47. The molecule has 0 heterocycles. The second kappa shape index (κ2) is 7.01. The SMILES string of the molecule is CCCNC(c1cccc(Cl)c1)c1c(F)ccc(C)c1F. The van der Waals surface area contributed by atoms with E-state index in [9.17, 15) is 8.78 Å². The quantitative estimate of drug-likeness (QED) is 0.818. The Morgan fingerprint density at radius 2 is 1.95 bits per heavy atom. The molecule has 2 rings (SSSR count). The summed E-state index contributed by atoms with van der Waals surface area (Å²) in [6, 6.07) is 9.27. The molecule has 1 atom stereocenters. The first-order valence-corrected chi connectivity index (χ1v) is 7.35. The molecular weight excluding hydrogens is 292 g/mol. The van der Waals surface area contributed by atoms with Crippen molar-refractivity contribution >= 4 is 11.6 Å². The Bertz CT molecular complexity index is 628. The fourth-order valence-electron chi connectivity index (χ4n) is 2.30. The van der Waals surface area contributed by atoms with Crippen LogP contribution in [-0.2, 0) is 0 Å². The van der Waals surface area contributed by atoms with Gasteiger partial charge < -0.3 is 5.32 Å². The van der Waals surface area contributed by atoms with Gasteiger partial charge in [0.25, 0.3) is 0 Å². The summed E-state index contributed by atoms with van der Waals surface area (Å²) in [7, 11) is 0. The zero-order chi connectivity index (χ0) is 15.4. The molecule has 0 fully saturated rings. The van der Waals surface area contributed by atoms with Crippen LogP contribution < -0.4 is 5.32 Å². The van der Waals surface area contributed by atoms with Crippen LogP contribution in [0.1, 0.15) is 36.1 Å². The van der Waals surface area contributed by atoms with Gasteiger partial charge in [-0.05, 0) is 49.2 Å². The Balaban J connectivity index is 2.53. The van der Waals surface area contributed by atoms with Crippen molar-refractivity contribution in [3.05, 3.63) is 69.7 Å². The molecule has 2 aromatic carbocycles. The number of halogens is 3. The maximum Gasteiger partial charge on any atom is 0.134 e. The van der Waals surface area contributed by atoms with Crippen LogP contribution in [-0.4, -0.2) is 6.54 Å². The van der Waals surface area contributed by atoms with Crippen LogP contribution in [0, 0.1) is 18.6 Å². The van der Waals surface area contributed by atoms with E-state index in [1.807, 2.05) is 13.0 Å². The zero-order valence-corrected chi connectivity index (χ0v) is 12.8. The summed E-state index contributed by atoms with van der Waals surface area (Å²) < 4.78 is 28.6. The van der Waals surface area contributed by atoms with E-state index in [1.54, 1.807) is 25.1 Å². The van der Waals surface area contributed by atoms with Crippen LogP contribution >= 0.6 is 11.6 Å². The maximum absolute atomic E-state index is 14.4. The Morgan fingerprint density at radius 1 is 1.19 bits per heavy atom. The smallest absolute Gasteiger partial charge is 0.134 e. The van der Waals surface area contributed by atoms with Gasteiger partial charge in [0.05, 0.1) is 6.04 Å². The van der Waals surface area contributed by atoms with E-state index >= 15 is 0 Å². The first-order valence-electron chi connectivity index (χ1n) is 6.98. The van der Waals surface area contributed by atoms with Crippen LogP contribution in [0.4, 0.5) is 8.78 Å². The second-order valence-electron chi connectivity index (χ2n) is 5.03. The first-order chi connectivity index (χ1) is 10.0. The summed E-state index contributed by atoms with van der Waals surface area (Å²) in [4.78, 5) is 0. The fraction of sp³-hybridized carbons (Fsp3) is 0.294. The molecule has 0 radical (unpaired) electrons. The van der Waals surface area contributed by atoms with E-state index in [2.05, 4.69) is 5.32 Å². The van der Waals surface area contributed by atoms with Crippen LogP contribution in [0.5, 0.6) is 0 Å². The number of rotatable bonds is 5. The van der Waals surface area contributed by atoms with Crippen molar-refractivity contribution in [1.82, 2.24) is 5.32 Å². The molecule has 0 saturated heterocycles. The van der Waals surface area contributed by atoms with Gasteiger partial charge in [0.1, 0.15) is 11.6 Å². The van der Waals surface area contributed by atoms with Crippen LogP contribution in [0.15, 0.2) is 36.4 Å². The molecule has 4 heteroatoms. The van der Waals surface area contributed by atoms with E-state index in [0.717, 1.165) is 12.0 Å². The van der Waals surface area contributed by atoms with Crippen molar-refractivity contribution in [2.75, 3.05) is 6.54 Å².